The Morgan fingerprint density at radius 1 is 1.07 bits per heavy atom. The van der Waals surface area contributed by atoms with Gasteiger partial charge in [-0.3, -0.25) is 0 Å². The van der Waals surface area contributed by atoms with Crippen LogP contribution in [0.2, 0.25) is 0 Å². The number of hydrogen-bond donors (Lipinski definition) is 0. The number of unbranched alkanes of at least 4 members (excludes halogenated alkanes) is 4. The predicted molar refractivity (Wildman–Crippen MR) is 59.9 cm³/mol. The molecule has 0 spiro atoms. The van der Waals surface area contributed by atoms with Crippen molar-refractivity contribution in [2.45, 2.75) is 71.1 Å². The van der Waals surface area contributed by atoms with Crippen molar-refractivity contribution >= 4 is 0 Å². The molecular formula is C13H23N. The van der Waals surface area contributed by atoms with Crippen LogP contribution in [0, 0.1) is 16.7 Å². The maximum Gasteiger partial charge on any atom is 0.0689 e. The van der Waals surface area contributed by atoms with E-state index in [0.717, 1.165) is 19.3 Å². The molecule has 1 fully saturated rings. The second-order valence-electron chi connectivity index (χ2n) is 4.76. The third-order valence-corrected chi connectivity index (χ3v) is 3.56. The molecule has 0 amide bonds. The average molecular weight is 193 g/mol. The number of hydrogen-bond acceptors (Lipinski definition) is 1. The van der Waals surface area contributed by atoms with Gasteiger partial charge in [-0.2, -0.15) is 5.26 Å². The van der Waals surface area contributed by atoms with Gasteiger partial charge < -0.3 is 0 Å². The quantitative estimate of drug-likeness (QED) is 0.572. The fourth-order valence-corrected chi connectivity index (χ4v) is 2.54. The van der Waals surface area contributed by atoms with E-state index in [2.05, 4.69) is 13.0 Å². The standard InChI is InChI=1S/C13H23N/c1-2-3-4-5-6-9-13(12-14)10-7-8-11-13/h2-11H2,1H3. The lowest BCUT2D eigenvalue weighted by Crippen LogP contribution is -2.12. The normalized spacial score (nSPS) is 19.4. The highest BCUT2D eigenvalue weighted by molar-refractivity contribution is 5.01. The molecule has 0 aromatic carbocycles. The van der Waals surface area contributed by atoms with Gasteiger partial charge in [-0.25, -0.2) is 0 Å². The van der Waals surface area contributed by atoms with Crippen LogP contribution < -0.4 is 0 Å². The fourth-order valence-electron chi connectivity index (χ4n) is 2.54. The second-order valence-corrected chi connectivity index (χ2v) is 4.76. The summed E-state index contributed by atoms with van der Waals surface area (Å²) in [5, 5.41) is 9.17. The van der Waals surface area contributed by atoms with Crippen molar-refractivity contribution in [3.8, 4) is 6.07 Å². The Balaban J connectivity index is 2.13. The Morgan fingerprint density at radius 3 is 2.29 bits per heavy atom. The van der Waals surface area contributed by atoms with Gasteiger partial charge in [-0.1, -0.05) is 51.9 Å². The minimum atomic E-state index is 0.0895. The highest BCUT2D eigenvalue weighted by Crippen LogP contribution is 2.41. The van der Waals surface area contributed by atoms with E-state index in [1.807, 2.05) is 0 Å². The van der Waals surface area contributed by atoms with E-state index in [9.17, 15) is 0 Å². The van der Waals surface area contributed by atoms with E-state index in [-0.39, 0.29) is 5.41 Å². The van der Waals surface area contributed by atoms with Gasteiger partial charge in [0.15, 0.2) is 0 Å². The van der Waals surface area contributed by atoms with Crippen LogP contribution in [0.5, 0.6) is 0 Å². The number of nitrogens with zero attached hydrogens (tertiary/aromatic N) is 1. The lowest BCUT2D eigenvalue weighted by molar-refractivity contribution is 0.357. The summed E-state index contributed by atoms with van der Waals surface area (Å²) in [6.07, 6.45) is 12.7. The number of rotatable bonds is 6. The summed E-state index contributed by atoms with van der Waals surface area (Å²) in [7, 11) is 0. The van der Waals surface area contributed by atoms with Crippen LogP contribution in [0.15, 0.2) is 0 Å². The predicted octanol–water partition coefficient (Wildman–Crippen LogP) is 4.43. The molecule has 0 heterocycles. The van der Waals surface area contributed by atoms with Crippen molar-refractivity contribution in [2.75, 3.05) is 0 Å². The van der Waals surface area contributed by atoms with E-state index in [4.69, 9.17) is 5.26 Å². The molecule has 0 N–H and O–H groups in total. The minimum Gasteiger partial charge on any atom is -0.198 e. The van der Waals surface area contributed by atoms with Gasteiger partial charge in [0.05, 0.1) is 11.5 Å². The van der Waals surface area contributed by atoms with Crippen LogP contribution >= 0.6 is 0 Å². The first kappa shape index (κ1) is 11.6. The first-order valence-electron chi connectivity index (χ1n) is 6.24. The van der Waals surface area contributed by atoms with Gasteiger partial charge in [-0.15, -0.1) is 0 Å². The van der Waals surface area contributed by atoms with Gasteiger partial charge in [0.2, 0.25) is 0 Å². The maximum absolute atomic E-state index is 9.17. The van der Waals surface area contributed by atoms with Crippen LogP contribution in [-0.2, 0) is 0 Å². The van der Waals surface area contributed by atoms with Crippen LogP contribution in [0.25, 0.3) is 0 Å². The second kappa shape index (κ2) is 6.06. The Kier molecular flexibility index (Phi) is 5.01. The van der Waals surface area contributed by atoms with Crippen molar-refractivity contribution in [3.63, 3.8) is 0 Å². The van der Waals surface area contributed by atoms with Gasteiger partial charge in [0.25, 0.3) is 0 Å². The molecule has 1 aliphatic rings. The lowest BCUT2D eigenvalue weighted by Gasteiger charge is -2.19. The molecule has 0 atom stereocenters. The van der Waals surface area contributed by atoms with E-state index in [1.54, 1.807) is 0 Å². The molecule has 80 valence electrons. The molecule has 14 heavy (non-hydrogen) atoms. The zero-order valence-corrected chi connectivity index (χ0v) is 9.52. The Morgan fingerprint density at radius 2 is 1.71 bits per heavy atom. The zero-order chi connectivity index (χ0) is 10.3. The molecule has 1 saturated carbocycles. The molecule has 0 saturated heterocycles. The molecule has 0 radical (unpaired) electrons. The largest absolute Gasteiger partial charge is 0.198 e. The molecular weight excluding hydrogens is 170 g/mol. The topological polar surface area (TPSA) is 23.8 Å². The summed E-state index contributed by atoms with van der Waals surface area (Å²) in [5.41, 5.74) is 0.0895. The SMILES string of the molecule is CCCCCCCC1(C#N)CCCC1. The lowest BCUT2D eigenvalue weighted by atomic mass is 9.82. The van der Waals surface area contributed by atoms with Crippen molar-refractivity contribution in [1.29, 1.82) is 5.26 Å². The van der Waals surface area contributed by atoms with Gasteiger partial charge in [0.1, 0.15) is 0 Å². The summed E-state index contributed by atoms with van der Waals surface area (Å²) in [6, 6.07) is 2.57. The molecule has 0 aromatic heterocycles. The van der Waals surface area contributed by atoms with Crippen LogP contribution in [0.4, 0.5) is 0 Å². The Bertz CT molecular complexity index is 184. The van der Waals surface area contributed by atoms with E-state index in [1.165, 1.54) is 44.9 Å². The Hall–Kier alpha value is -0.510. The third-order valence-electron chi connectivity index (χ3n) is 3.56. The monoisotopic (exact) mass is 193 g/mol. The molecule has 0 aromatic rings. The van der Waals surface area contributed by atoms with Gasteiger partial charge in [-0.05, 0) is 19.3 Å². The molecule has 0 unspecified atom stereocenters. The van der Waals surface area contributed by atoms with E-state index < -0.39 is 0 Å². The molecule has 1 heteroatoms. The summed E-state index contributed by atoms with van der Waals surface area (Å²) in [5.74, 6) is 0. The molecule has 0 bridgehead atoms. The molecule has 0 aliphatic heterocycles. The van der Waals surface area contributed by atoms with Crippen molar-refractivity contribution in [2.24, 2.45) is 5.41 Å². The molecule has 1 aliphatic carbocycles. The Labute approximate surface area is 88.5 Å². The summed E-state index contributed by atoms with van der Waals surface area (Å²) in [6.45, 7) is 2.24. The van der Waals surface area contributed by atoms with Gasteiger partial charge in [0, 0.05) is 0 Å². The number of nitriles is 1. The van der Waals surface area contributed by atoms with Crippen molar-refractivity contribution in [1.82, 2.24) is 0 Å². The summed E-state index contributed by atoms with van der Waals surface area (Å²) < 4.78 is 0. The maximum atomic E-state index is 9.17. The van der Waals surface area contributed by atoms with E-state index >= 15 is 0 Å². The fraction of sp³-hybridized carbons (Fsp3) is 0.923. The van der Waals surface area contributed by atoms with E-state index in [0.29, 0.717) is 0 Å². The highest BCUT2D eigenvalue weighted by Gasteiger charge is 2.32. The van der Waals surface area contributed by atoms with Crippen molar-refractivity contribution < 1.29 is 0 Å². The average Bonchev–Trinajstić information content (AvgIpc) is 2.67. The van der Waals surface area contributed by atoms with Crippen LogP contribution in [-0.4, -0.2) is 0 Å². The third kappa shape index (κ3) is 3.33. The first-order valence-corrected chi connectivity index (χ1v) is 6.24. The van der Waals surface area contributed by atoms with Crippen molar-refractivity contribution in [3.05, 3.63) is 0 Å². The highest BCUT2D eigenvalue weighted by atomic mass is 14.4. The first-order chi connectivity index (χ1) is 6.83. The molecule has 1 rings (SSSR count). The van der Waals surface area contributed by atoms with Crippen LogP contribution in [0.1, 0.15) is 71.1 Å². The van der Waals surface area contributed by atoms with Gasteiger partial charge >= 0.3 is 0 Å². The summed E-state index contributed by atoms with van der Waals surface area (Å²) in [4.78, 5) is 0. The summed E-state index contributed by atoms with van der Waals surface area (Å²) >= 11 is 0. The minimum absolute atomic E-state index is 0.0895. The zero-order valence-electron chi connectivity index (χ0n) is 9.52. The smallest absolute Gasteiger partial charge is 0.0689 e. The van der Waals surface area contributed by atoms with Crippen LogP contribution in [0.3, 0.4) is 0 Å². The molecule has 1 nitrogen and oxygen atoms in total.